The molecule has 164 valence electrons. The molecule has 3 aliphatic heterocycles. The Morgan fingerprint density at radius 1 is 1.00 bits per heavy atom. The summed E-state index contributed by atoms with van der Waals surface area (Å²) >= 11 is 0. The van der Waals surface area contributed by atoms with E-state index in [2.05, 4.69) is 9.88 Å². The number of aromatic nitrogens is 2. The molecule has 0 radical (unpaired) electrons. The molecule has 8 nitrogen and oxygen atoms in total. The van der Waals surface area contributed by atoms with Crippen molar-refractivity contribution in [3.8, 4) is 0 Å². The molecule has 0 N–H and O–H groups in total. The normalized spacial score (nSPS) is 20.7. The Labute approximate surface area is 182 Å². The number of rotatable bonds is 4. The van der Waals surface area contributed by atoms with Crippen molar-refractivity contribution in [2.24, 2.45) is 0 Å². The van der Waals surface area contributed by atoms with Crippen LogP contribution in [0.5, 0.6) is 0 Å². The zero-order valence-corrected chi connectivity index (χ0v) is 17.8. The molecule has 2 saturated heterocycles. The number of carbonyl (C=O) groups excluding carboxylic acids is 2. The zero-order valence-electron chi connectivity index (χ0n) is 17.8. The molecule has 0 unspecified atom stereocenters. The Morgan fingerprint density at radius 3 is 2.48 bits per heavy atom. The number of morpholine rings is 1. The van der Waals surface area contributed by atoms with E-state index in [4.69, 9.17) is 4.74 Å². The van der Waals surface area contributed by atoms with Crippen LogP contribution in [0, 0.1) is 0 Å². The van der Waals surface area contributed by atoms with E-state index in [1.807, 2.05) is 39.8 Å². The standard InChI is InChI=1S/C23H29N5O3/c29-22(26-8-6-19(7-9-26)25-12-14-31-15-13-25)20-17-27-10-11-28(23(30)21(27)24-20)16-18-4-2-1-3-5-18/h1-5,17,19H,6-16H2. The van der Waals surface area contributed by atoms with Crippen molar-refractivity contribution in [3.05, 3.63) is 53.6 Å². The van der Waals surface area contributed by atoms with Gasteiger partial charge in [-0.15, -0.1) is 0 Å². The van der Waals surface area contributed by atoms with Crippen molar-refractivity contribution >= 4 is 11.8 Å². The van der Waals surface area contributed by atoms with E-state index < -0.39 is 0 Å². The number of hydrogen-bond donors (Lipinski definition) is 0. The first-order chi connectivity index (χ1) is 15.2. The van der Waals surface area contributed by atoms with Crippen molar-refractivity contribution in [2.75, 3.05) is 45.9 Å². The van der Waals surface area contributed by atoms with Gasteiger partial charge in [-0.1, -0.05) is 30.3 Å². The second-order valence-electron chi connectivity index (χ2n) is 8.53. The van der Waals surface area contributed by atoms with Gasteiger partial charge < -0.3 is 19.1 Å². The maximum Gasteiger partial charge on any atom is 0.290 e. The summed E-state index contributed by atoms with van der Waals surface area (Å²) in [6, 6.07) is 10.5. The summed E-state index contributed by atoms with van der Waals surface area (Å²) in [6.07, 6.45) is 3.70. The molecule has 2 fully saturated rings. The van der Waals surface area contributed by atoms with Crippen molar-refractivity contribution in [1.29, 1.82) is 0 Å². The van der Waals surface area contributed by atoms with Crippen LogP contribution in [0.4, 0.5) is 0 Å². The van der Waals surface area contributed by atoms with Gasteiger partial charge in [0.15, 0.2) is 5.82 Å². The number of hydrogen-bond acceptors (Lipinski definition) is 5. The predicted molar refractivity (Wildman–Crippen MR) is 115 cm³/mol. The maximum atomic E-state index is 13.1. The van der Waals surface area contributed by atoms with Crippen molar-refractivity contribution < 1.29 is 14.3 Å². The Morgan fingerprint density at radius 2 is 1.74 bits per heavy atom. The molecule has 0 saturated carbocycles. The highest BCUT2D eigenvalue weighted by Crippen LogP contribution is 2.21. The largest absolute Gasteiger partial charge is 0.379 e. The van der Waals surface area contributed by atoms with Crippen molar-refractivity contribution in [1.82, 2.24) is 24.3 Å². The van der Waals surface area contributed by atoms with Gasteiger partial charge in [0.25, 0.3) is 11.8 Å². The Bertz CT molecular complexity index is 930. The van der Waals surface area contributed by atoms with Crippen LogP contribution in [-0.2, 0) is 17.8 Å². The molecule has 8 heteroatoms. The smallest absolute Gasteiger partial charge is 0.290 e. The molecule has 0 atom stereocenters. The fraction of sp³-hybridized carbons (Fsp3) is 0.522. The summed E-state index contributed by atoms with van der Waals surface area (Å²) in [5, 5.41) is 0. The monoisotopic (exact) mass is 423 g/mol. The molecule has 4 heterocycles. The quantitative estimate of drug-likeness (QED) is 0.745. The third kappa shape index (κ3) is 4.22. The van der Waals surface area contributed by atoms with E-state index in [-0.39, 0.29) is 11.8 Å². The highest BCUT2D eigenvalue weighted by atomic mass is 16.5. The number of nitrogens with zero attached hydrogens (tertiary/aromatic N) is 5. The topological polar surface area (TPSA) is 70.9 Å². The lowest BCUT2D eigenvalue weighted by Gasteiger charge is -2.39. The summed E-state index contributed by atoms with van der Waals surface area (Å²) in [5.74, 6) is 0.193. The van der Waals surface area contributed by atoms with Crippen LogP contribution < -0.4 is 0 Å². The number of imidazole rings is 1. The van der Waals surface area contributed by atoms with Crippen LogP contribution in [0.2, 0.25) is 0 Å². The summed E-state index contributed by atoms with van der Waals surface area (Å²) < 4.78 is 7.28. The third-order valence-electron chi connectivity index (χ3n) is 6.61. The fourth-order valence-electron chi connectivity index (χ4n) is 4.82. The van der Waals surface area contributed by atoms with E-state index in [9.17, 15) is 9.59 Å². The fourth-order valence-corrected chi connectivity index (χ4v) is 4.82. The second-order valence-corrected chi connectivity index (χ2v) is 8.53. The van der Waals surface area contributed by atoms with Crippen molar-refractivity contribution in [3.63, 3.8) is 0 Å². The molecule has 2 amide bonds. The highest BCUT2D eigenvalue weighted by Gasteiger charge is 2.32. The molecule has 5 rings (SSSR count). The molecule has 3 aliphatic rings. The number of benzene rings is 1. The van der Waals surface area contributed by atoms with E-state index >= 15 is 0 Å². The summed E-state index contributed by atoms with van der Waals surface area (Å²) in [4.78, 5) is 36.7. The van der Waals surface area contributed by atoms with Crippen LogP contribution in [0.1, 0.15) is 39.5 Å². The molecular formula is C23H29N5O3. The summed E-state index contributed by atoms with van der Waals surface area (Å²) in [6.45, 7) is 6.87. The van der Waals surface area contributed by atoms with E-state index in [0.717, 1.165) is 57.8 Å². The maximum absolute atomic E-state index is 13.1. The van der Waals surface area contributed by atoms with Gasteiger partial charge in [0.2, 0.25) is 0 Å². The van der Waals surface area contributed by atoms with E-state index in [0.29, 0.717) is 37.2 Å². The van der Waals surface area contributed by atoms with Crippen LogP contribution >= 0.6 is 0 Å². The van der Waals surface area contributed by atoms with Gasteiger partial charge in [-0.05, 0) is 18.4 Å². The molecular weight excluding hydrogens is 394 g/mol. The lowest BCUT2D eigenvalue weighted by Crippen LogP contribution is -2.50. The Balaban J connectivity index is 1.22. The summed E-state index contributed by atoms with van der Waals surface area (Å²) in [5.41, 5.74) is 1.48. The van der Waals surface area contributed by atoms with E-state index in [1.165, 1.54) is 0 Å². The lowest BCUT2D eigenvalue weighted by atomic mass is 10.0. The molecule has 1 aromatic heterocycles. The first kappa shape index (κ1) is 20.2. The number of ether oxygens (including phenoxy) is 1. The van der Waals surface area contributed by atoms with Gasteiger partial charge in [-0.25, -0.2) is 4.98 Å². The number of amides is 2. The van der Waals surface area contributed by atoms with Gasteiger partial charge in [0.1, 0.15) is 5.69 Å². The van der Waals surface area contributed by atoms with Gasteiger partial charge in [0, 0.05) is 58.1 Å². The van der Waals surface area contributed by atoms with Gasteiger partial charge in [-0.2, -0.15) is 0 Å². The minimum Gasteiger partial charge on any atom is -0.379 e. The molecule has 0 bridgehead atoms. The average molecular weight is 424 g/mol. The van der Waals surface area contributed by atoms with Crippen LogP contribution in [0.3, 0.4) is 0 Å². The zero-order chi connectivity index (χ0) is 21.2. The molecule has 2 aromatic rings. The Kier molecular flexibility index (Phi) is 5.74. The van der Waals surface area contributed by atoms with Gasteiger partial charge in [0.05, 0.1) is 13.2 Å². The molecule has 1 aromatic carbocycles. The van der Waals surface area contributed by atoms with E-state index in [1.54, 1.807) is 11.1 Å². The second kappa shape index (κ2) is 8.80. The predicted octanol–water partition coefficient (Wildman–Crippen LogP) is 1.48. The van der Waals surface area contributed by atoms with Crippen LogP contribution in [0.15, 0.2) is 36.5 Å². The number of carbonyl (C=O) groups is 2. The number of likely N-dealkylation sites (tertiary alicyclic amines) is 1. The molecule has 0 spiro atoms. The summed E-state index contributed by atoms with van der Waals surface area (Å²) in [7, 11) is 0. The van der Waals surface area contributed by atoms with Gasteiger partial charge >= 0.3 is 0 Å². The minimum absolute atomic E-state index is 0.0651. The number of piperidine rings is 1. The Hall–Kier alpha value is -2.71. The van der Waals surface area contributed by atoms with Crippen molar-refractivity contribution in [2.45, 2.75) is 32.0 Å². The molecule has 31 heavy (non-hydrogen) atoms. The SMILES string of the molecule is O=C(c1cn2c(n1)C(=O)N(Cc1ccccc1)CC2)N1CCC(N2CCOCC2)CC1. The van der Waals surface area contributed by atoms with Gasteiger partial charge in [-0.3, -0.25) is 14.5 Å². The third-order valence-corrected chi connectivity index (χ3v) is 6.61. The average Bonchev–Trinajstić information content (AvgIpc) is 3.27. The minimum atomic E-state index is -0.111. The van der Waals surface area contributed by atoms with Crippen LogP contribution in [-0.4, -0.2) is 88.0 Å². The first-order valence-corrected chi connectivity index (χ1v) is 11.2. The number of fused-ring (bicyclic) bond motifs is 1. The molecule has 0 aliphatic carbocycles. The first-order valence-electron chi connectivity index (χ1n) is 11.2. The highest BCUT2D eigenvalue weighted by molar-refractivity contribution is 5.96. The van der Waals surface area contributed by atoms with Crippen LogP contribution in [0.25, 0.3) is 0 Å². The lowest BCUT2D eigenvalue weighted by molar-refractivity contribution is 0.00153.